The second-order valence-electron chi connectivity index (χ2n) is 4.07. The lowest BCUT2D eigenvalue weighted by Crippen LogP contribution is -2.20. The highest BCUT2D eigenvalue weighted by molar-refractivity contribution is 7.07. The molecule has 1 heterocycles. The van der Waals surface area contributed by atoms with Gasteiger partial charge in [-0.15, -0.1) is 0 Å². The van der Waals surface area contributed by atoms with Crippen LogP contribution >= 0.6 is 22.9 Å². The number of hydrogen-bond donors (Lipinski definition) is 2. The predicted molar refractivity (Wildman–Crippen MR) is 76.3 cm³/mol. The fraction of sp³-hybridized carbons (Fsp3) is 0.308. The highest BCUT2D eigenvalue weighted by atomic mass is 35.5. The Morgan fingerprint density at radius 2 is 2.11 bits per heavy atom. The molecule has 0 radical (unpaired) electrons. The van der Waals surface area contributed by atoms with Gasteiger partial charge in [0.15, 0.2) is 0 Å². The number of nitrogens with one attached hydrogen (secondary N) is 2. The molecule has 2 rings (SSSR count). The van der Waals surface area contributed by atoms with E-state index in [1.165, 1.54) is 16.9 Å². The summed E-state index contributed by atoms with van der Waals surface area (Å²) in [6.07, 6.45) is 0.982. The average molecular weight is 283 g/mol. The Kier molecular flexibility index (Phi) is 4.58. The van der Waals surface area contributed by atoms with Crippen LogP contribution < -0.4 is 10.2 Å². The Bertz CT molecular complexity index is 547. The largest absolute Gasteiger partial charge is 0.315 e. The van der Waals surface area contributed by atoms with Crippen molar-refractivity contribution in [2.45, 2.75) is 25.9 Å². The zero-order valence-electron chi connectivity index (χ0n) is 10.1. The molecule has 0 aliphatic rings. The summed E-state index contributed by atoms with van der Waals surface area (Å²) in [6.45, 7) is 2.79. The molecule has 5 heteroatoms. The Hall–Kier alpha value is -1.10. The van der Waals surface area contributed by atoms with Crippen molar-refractivity contribution in [3.63, 3.8) is 0 Å². The van der Waals surface area contributed by atoms with E-state index in [1.54, 1.807) is 0 Å². The summed E-state index contributed by atoms with van der Waals surface area (Å²) < 4.78 is 0. The molecule has 0 aliphatic carbocycles. The van der Waals surface area contributed by atoms with Gasteiger partial charge < -0.3 is 10.3 Å². The third kappa shape index (κ3) is 3.45. The van der Waals surface area contributed by atoms with Crippen LogP contribution in [0.3, 0.4) is 0 Å². The molecule has 1 atom stereocenters. The standard InChI is InChI=1S/C13H15ClN2OS/c1-2-12(9-3-5-10(14)6-4-9)15-7-11-8-18-13(17)16-11/h3-6,8,12,15H,2,7H2,1H3,(H,16,17). The van der Waals surface area contributed by atoms with Gasteiger partial charge in [0, 0.05) is 28.7 Å². The first-order valence-corrected chi connectivity index (χ1v) is 7.10. The first kappa shape index (κ1) is 13.3. The molecule has 1 aromatic carbocycles. The van der Waals surface area contributed by atoms with Crippen molar-refractivity contribution in [2.24, 2.45) is 0 Å². The van der Waals surface area contributed by atoms with Crippen molar-refractivity contribution in [2.75, 3.05) is 0 Å². The third-order valence-electron chi connectivity index (χ3n) is 2.79. The molecular formula is C13H15ClN2OS. The van der Waals surface area contributed by atoms with E-state index < -0.39 is 0 Å². The topological polar surface area (TPSA) is 44.9 Å². The lowest BCUT2D eigenvalue weighted by Gasteiger charge is -2.17. The molecule has 96 valence electrons. The first-order valence-electron chi connectivity index (χ1n) is 5.84. The number of aromatic amines is 1. The van der Waals surface area contributed by atoms with E-state index in [9.17, 15) is 4.79 Å². The summed E-state index contributed by atoms with van der Waals surface area (Å²) in [5.41, 5.74) is 2.14. The molecule has 0 saturated carbocycles. The minimum atomic E-state index is -0.00802. The van der Waals surface area contributed by atoms with E-state index in [4.69, 9.17) is 11.6 Å². The van der Waals surface area contributed by atoms with Gasteiger partial charge in [-0.3, -0.25) is 4.79 Å². The summed E-state index contributed by atoms with van der Waals surface area (Å²) in [5.74, 6) is 0. The number of hydrogen-bond acceptors (Lipinski definition) is 3. The number of benzene rings is 1. The van der Waals surface area contributed by atoms with E-state index in [-0.39, 0.29) is 10.9 Å². The van der Waals surface area contributed by atoms with Gasteiger partial charge in [0.2, 0.25) is 0 Å². The van der Waals surface area contributed by atoms with E-state index >= 15 is 0 Å². The van der Waals surface area contributed by atoms with E-state index in [2.05, 4.69) is 17.2 Å². The molecule has 1 unspecified atom stereocenters. The zero-order valence-corrected chi connectivity index (χ0v) is 11.6. The predicted octanol–water partition coefficient (Wildman–Crippen LogP) is 3.33. The fourth-order valence-electron chi connectivity index (χ4n) is 1.83. The van der Waals surface area contributed by atoms with Crippen molar-refractivity contribution >= 4 is 22.9 Å². The Morgan fingerprint density at radius 3 is 2.67 bits per heavy atom. The second kappa shape index (κ2) is 6.18. The highest BCUT2D eigenvalue weighted by Crippen LogP contribution is 2.19. The van der Waals surface area contributed by atoms with Gasteiger partial charge >= 0.3 is 4.87 Å². The number of halogens is 1. The second-order valence-corrected chi connectivity index (χ2v) is 5.35. The molecule has 1 aromatic heterocycles. The Morgan fingerprint density at radius 1 is 1.39 bits per heavy atom. The van der Waals surface area contributed by atoms with Crippen molar-refractivity contribution < 1.29 is 0 Å². The molecule has 0 aliphatic heterocycles. The number of rotatable bonds is 5. The summed E-state index contributed by atoms with van der Waals surface area (Å²) >= 11 is 7.07. The van der Waals surface area contributed by atoms with Crippen LogP contribution in [0, 0.1) is 0 Å². The highest BCUT2D eigenvalue weighted by Gasteiger charge is 2.08. The van der Waals surface area contributed by atoms with Crippen LogP contribution in [0.5, 0.6) is 0 Å². The van der Waals surface area contributed by atoms with Crippen LogP contribution in [0.1, 0.15) is 30.6 Å². The maximum absolute atomic E-state index is 11.0. The smallest absolute Gasteiger partial charge is 0.304 e. The van der Waals surface area contributed by atoms with Crippen molar-refractivity contribution in [3.05, 3.63) is 55.6 Å². The molecule has 18 heavy (non-hydrogen) atoms. The van der Waals surface area contributed by atoms with Crippen molar-refractivity contribution in [1.29, 1.82) is 0 Å². The van der Waals surface area contributed by atoms with Crippen LogP contribution in [0.15, 0.2) is 34.4 Å². The quantitative estimate of drug-likeness (QED) is 0.883. The Labute approximate surface area is 115 Å². The van der Waals surface area contributed by atoms with Gasteiger partial charge in [-0.25, -0.2) is 0 Å². The minimum Gasteiger partial charge on any atom is -0.315 e. The first-order chi connectivity index (χ1) is 8.69. The monoisotopic (exact) mass is 282 g/mol. The normalized spacial score (nSPS) is 12.6. The summed E-state index contributed by atoms with van der Waals surface area (Å²) in [7, 11) is 0. The number of H-pyrrole nitrogens is 1. The molecular weight excluding hydrogens is 268 g/mol. The molecule has 0 amide bonds. The minimum absolute atomic E-state index is 0.00802. The Balaban J connectivity index is 2.01. The molecule has 2 aromatic rings. The van der Waals surface area contributed by atoms with E-state index in [0.717, 1.165) is 17.1 Å². The van der Waals surface area contributed by atoms with E-state index in [1.807, 2.05) is 29.6 Å². The zero-order chi connectivity index (χ0) is 13.0. The van der Waals surface area contributed by atoms with Crippen LogP contribution in [-0.2, 0) is 6.54 Å². The molecule has 0 saturated heterocycles. The van der Waals surface area contributed by atoms with Crippen molar-refractivity contribution in [3.8, 4) is 0 Å². The molecule has 0 bridgehead atoms. The summed E-state index contributed by atoms with van der Waals surface area (Å²) in [6, 6.07) is 8.12. The van der Waals surface area contributed by atoms with Crippen LogP contribution in [0.25, 0.3) is 0 Å². The lowest BCUT2D eigenvalue weighted by molar-refractivity contribution is 0.515. The summed E-state index contributed by atoms with van der Waals surface area (Å²) in [4.78, 5) is 13.8. The van der Waals surface area contributed by atoms with E-state index in [0.29, 0.717) is 6.54 Å². The number of thiazole rings is 1. The maximum Gasteiger partial charge on any atom is 0.304 e. The van der Waals surface area contributed by atoms with Gasteiger partial charge in [0.25, 0.3) is 0 Å². The van der Waals surface area contributed by atoms with Gasteiger partial charge in [-0.2, -0.15) is 0 Å². The SMILES string of the molecule is CCC(NCc1csc(=O)[nH]1)c1ccc(Cl)cc1. The third-order valence-corrected chi connectivity index (χ3v) is 3.76. The van der Waals surface area contributed by atoms with Crippen LogP contribution in [0.4, 0.5) is 0 Å². The van der Waals surface area contributed by atoms with Gasteiger partial charge in [-0.1, -0.05) is 42.0 Å². The van der Waals surface area contributed by atoms with Gasteiger partial charge in [0.1, 0.15) is 0 Å². The van der Waals surface area contributed by atoms with Gasteiger partial charge in [0.05, 0.1) is 0 Å². The lowest BCUT2D eigenvalue weighted by atomic mass is 10.0. The van der Waals surface area contributed by atoms with Crippen LogP contribution in [0.2, 0.25) is 5.02 Å². The summed E-state index contributed by atoms with van der Waals surface area (Å²) in [5, 5.41) is 6.03. The number of aromatic nitrogens is 1. The van der Waals surface area contributed by atoms with Gasteiger partial charge in [-0.05, 0) is 24.1 Å². The molecule has 0 fully saturated rings. The fourth-order valence-corrected chi connectivity index (χ4v) is 2.53. The van der Waals surface area contributed by atoms with Crippen molar-refractivity contribution in [1.82, 2.24) is 10.3 Å². The average Bonchev–Trinajstić information content (AvgIpc) is 2.78. The molecule has 0 spiro atoms. The maximum atomic E-state index is 11.0. The molecule has 3 nitrogen and oxygen atoms in total. The molecule has 2 N–H and O–H groups in total. The van der Waals surface area contributed by atoms with Crippen LogP contribution in [-0.4, -0.2) is 4.98 Å².